The van der Waals surface area contributed by atoms with Gasteiger partial charge >= 0.3 is 0 Å². The van der Waals surface area contributed by atoms with E-state index in [0.717, 1.165) is 42.4 Å². The van der Waals surface area contributed by atoms with Crippen molar-refractivity contribution in [2.45, 2.75) is 51.5 Å². The first-order valence-corrected chi connectivity index (χ1v) is 11.4. The van der Waals surface area contributed by atoms with E-state index in [9.17, 15) is 14.4 Å². The van der Waals surface area contributed by atoms with Gasteiger partial charge in [-0.25, -0.2) is 4.98 Å². The average Bonchev–Trinajstić information content (AvgIpc) is 3.12. The molecular formula is C24H26N4O4. The third kappa shape index (κ3) is 3.29. The zero-order valence-corrected chi connectivity index (χ0v) is 17.8. The summed E-state index contributed by atoms with van der Waals surface area (Å²) in [6, 6.07) is 7.28. The predicted octanol–water partition coefficient (Wildman–Crippen LogP) is 2.90. The highest BCUT2D eigenvalue weighted by Crippen LogP contribution is 2.61. The maximum Gasteiger partial charge on any atom is 0.297 e. The van der Waals surface area contributed by atoms with Crippen molar-refractivity contribution < 1.29 is 14.0 Å². The van der Waals surface area contributed by atoms with Gasteiger partial charge in [0.05, 0.1) is 6.33 Å². The zero-order chi connectivity index (χ0) is 21.9. The number of carbonyl (C=O) groups is 2. The first-order valence-electron chi connectivity index (χ1n) is 11.4. The Morgan fingerprint density at radius 1 is 1.03 bits per heavy atom. The van der Waals surface area contributed by atoms with Gasteiger partial charge in [-0.15, -0.1) is 0 Å². The van der Waals surface area contributed by atoms with Gasteiger partial charge in [-0.2, -0.15) is 0 Å². The van der Waals surface area contributed by atoms with Crippen molar-refractivity contribution in [2.75, 3.05) is 0 Å². The Kier molecular flexibility index (Phi) is 4.38. The molecule has 3 aromatic rings. The van der Waals surface area contributed by atoms with Gasteiger partial charge in [0.1, 0.15) is 17.6 Å². The number of nitrogens with zero attached hydrogens (tertiary/aromatic N) is 2. The highest BCUT2D eigenvalue weighted by Gasteiger charge is 2.51. The van der Waals surface area contributed by atoms with E-state index in [0.29, 0.717) is 17.5 Å². The first-order chi connectivity index (χ1) is 15.5. The molecule has 8 heteroatoms. The number of rotatable bonds is 4. The van der Waals surface area contributed by atoms with Crippen LogP contribution in [0.15, 0.2) is 39.8 Å². The fourth-order valence-corrected chi connectivity index (χ4v) is 6.95. The summed E-state index contributed by atoms with van der Waals surface area (Å²) in [5.74, 6) is 1.69. The molecule has 0 spiro atoms. The van der Waals surface area contributed by atoms with E-state index in [1.54, 1.807) is 6.07 Å². The number of para-hydroxylation sites is 1. The summed E-state index contributed by atoms with van der Waals surface area (Å²) in [5, 5.41) is 0.758. The summed E-state index contributed by atoms with van der Waals surface area (Å²) in [5.41, 5.74) is 5.87. The Bertz CT molecular complexity index is 1250. The van der Waals surface area contributed by atoms with E-state index in [1.165, 1.54) is 30.2 Å². The molecule has 4 bridgehead atoms. The van der Waals surface area contributed by atoms with Crippen molar-refractivity contribution in [2.24, 2.45) is 23.2 Å². The Hall–Kier alpha value is -3.16. The van der Waals surface area contributed by atoms with Crippen LogP contribution in [0.2, 0.25) is 0 Å². The van der Waals surface area contributed by atoms with Crippen LogP contribution < -0.4 is 16.4 Å². The lowest BCUT2D eigenvalue weighted by Gasteiger charge is -2.56. The lowest BCUT2D eigenvalue weighted by atomic mass is 9.49. The molecule has 0 saturated heterocycles. The second kappa shape index (κ2) is 7.18. The molecule has 1 aromatic carbocycles. The maximum absolute atomic E-state index is 12.7. The van der Waals surface area contributed by atoms with E-state index >= 15 is 0 Å². The van der Waals surface area contributed by atoms with Gasteiger partial charge in [-0.1, -0.05) is 12.1 Å². The van der Waals surface area contributed by atoms with Crippen molar-refractivity contribution in [3.63, 3.8) is 0 Å². The van der Waals surface area contributed by atoms with Crippen molar-refractivity contribution in [1.29, 1.82) is 0 Å². The van der Waals surface area contributed by atoms with Crippen LogP contribution in [-0.2, 0) is 16.1 Å². The third-order valence-electron chi connectivity index (χ3n) is 7.71. The summed E-state index contributed by atoms with van der Waals surface area (Å²) in [4.78, 5) is 42.1. The largest absolute Gasteiger partial charge is 0.448 e. The molecule has 0 radical (unpaired) electrons. The molecular weight excluding hydrogens is 408 g/mol. The molecule has 4 fully saturated rings. The number of nitrogens with one attached hydrogen (secondary N) is 2. The van der Waals surface area contributed by atoms with Gasteiger partial charge in [0, 0.05) is 11.8 Å². The smallest absolute Gasteiger partial charge is 0.297 e. The number of aromatic nitrogens is 2. The molecule has 7 rings (SSSR count). The molecule has 8 nitrogen and oxygen atoms in total. The Morgan fingerprint density at radius 3 is 2.41 bits per heavy atom. The third-order valence-corrected chi connectivity index (χ3v) is 7.71. The fraction of sp³-hybridized carbons (Fsp3) is 0.500. The molecule has 0 atom stereocenters. The van der Waals surface area contributed by atoms with E-state index in [1.807, 2.05) is 18.2 Å². The standard InChI is InChI=1S/C24H26N4O4/c29-19(11-24-8-14-5-15(9-24)7-16(6-14)10-24)26-27-20(30)12-28-13-25-21-17-3-1-2-4-18(17)32-22(21)23(28)31/h1-4,13-16H,5-12H2,(H,26,29)(H,27,30). The van der Waals surface area contributed by atoms with Crippen LogP contribution in [0, 0.1) is 23.2 Å². The Balaban J connectivity index is 1.10. The summed E-state index contributed by atoms with van der Waals surface area (Å²) in [6.45, 7) is -0.254. The number of fused-ring (bicyclic) bond motifs is 3. The van der Waals surface area contributed by atoms with Crippen molar-refractivity contribution in [3.8, 4) is 0 Å². The molecule has 4 aliphatic rings. The highest BCUT2D eigenvalue weighted by molar-refractivity contribution is 6.01. The summed E-state index contributed by atoms with van der Waals surface area (Å²) < 4.78 is 6.83. The lowest BCUT2D eigenvalue weighted by molar-refractivity contribution is -0.134. The lowest BCUT2D eigenvalue weighted by Crippen LogP contribution is -2.50. The van der Waals surface area contributed by atoms with Crippen LogP contribution in [0.25, 0.3) is 22.1 Å². The zero-order valence-electron chi connectivity index (χ0n) is 17.8. The second-order valence-corrected chi connectivity index (χ2v) is 10.1. The van der Waals surface area contributed by atoms with E-state index in [2.05, 4.69) is 15.8 Å². The van der Waals surface area contributed by atoms with Crippen molar-refractivity contribution in [3.05, 3.63) is 40.9 Å². The minimum absolute atomic E-state index is 0.108. The number of carbonyl (C=O) groups excluding carboxylic acids is 2. The van der Waals surface area contributed by atoms with Gasteiger partial charge in [-0.3, -0.25) is 29.8 Å². The van der Waals surface area contributed by atoms with Crippen molar-refractivity contribution in [1.82, 2.24) is 20.4 Å². The molecule has 2 heterocycles. The normalized spacial score (nSPS) is 28.3. The fourth-order valence-electron chi connectivity index (χ4n) is 6.95. The summed E-state index contributed by atoms with van der Waals surface area (Å²) >= 11 is 0. The number of amides is 2. The van der Waals surface area contributed by atoms with E-state index < -0.39 is 11.5 Å². The Labute approximate surface area is 184 Å². The molecule has 2 N–H and O–H groups in total. The van der Waals surface area contributed by atoms with Gasteiger partial charge in [0.15, 0.2) is 0 Å². The number of benzene rings is 1. The molecule has 32 heavy (non-hydrogen) atoms. The number of hydrazine groups is 1. The summed E-state index contributed by atoms with van der Waals surface area (Å²) in [7, 11) is 0. The number of furan rings is 1. The van der Waals surface area contributed by atoms with Crippen molar-refractivity contribution >= 4 is 33.9 Å². The molecule has 0 aliphatic heterocycles. The van der Waals surface area contributed by atoms with Crippen LogP contribution in [0.1, 0.15) is 44.9 Å². The molecule has 166 valence electrons. The maximum atomic E-state index is 12.7. The minimum atomic E-state index is -0.483. The first kappa shape index (κ1) is 19.5. The van der Waals surface area contributed by atoms with Crippen LogP contribution in [0.4, 0.5) is 0 Å². The van der Waals surface area contributed by atoms with Gasteiger partial charge in [0.25, 0.3) is 11.5 Å². The van der Waals surface area contributed by atoms with Crippen LogP contribution in [0.5, 0.6) is 0 Å². The van der Waals surface area contributed by atoms with Gasteiger partial charge in [0.2, 0.25) is 11.5 Å². The quantitative estimate of drug-likeness (QED) is 0.614. The van der Waals surface area contributed by atoms with Gasteiger partial charge in [-0.05, 0) is 73.8 Å². The molecule has 0 unspecified atom stereocenters. The average molecular weight is 434 g/mol. The second-order valence-electron chi connectivity index (χ2n) is 10.1. The van der Waals surface area contributed by atoms with E-state index in [-0.39, 0.29) is 23.4 Å². The Morgan fingerprint density at radius 2 is 1.69 bits per heavy atom. The van der Waals surface area contributed by atoms with Crippen LogP contribution in [0.3, 0.4) is 0 Å². The van der Waals surface area contributed by atoms with E-state index in [4.69, 9.17) is 4.42 Å². The molecule has 4 aliphatic carbocycles. The van der Waals surface area contributed by atoms with Crippen LogP contribution >= 0.6 is 0 Å². The predicted molar refractivity (Wildman–Crippen MR) is 117 cm³/mol. The molecule has 2 aromatic heterocycles. The number of hydrogen-bond acceptors (Lipinski definition) is 5. The van der Waals surface area contributed by atoms with Crippen LogP contribution in [-0.4, -0.2) is 21.4 Å². The minimum Gasteiger partial charge on any atom is -0.448 e. The SMILES string of the molecule is O=C(Cn1cnc2c(oc3ccccc32)c1=O)NNC(=O)CC12CC3CC(CC(C3)C1)C2. The van der Waals surface area contributed by atoms with Gasteiger partial charge < -0.3 is 4.42 Å². The topological polar surface area (TPSA) is 106 Å². The monoisotopic (exact) mass is 434 g/mol. The number of hydrogen-bond donors (Lipinski definition) is 2. The summed E-state index contributed by atoms with van der Waals surface area (Å²) in [6.07, 6.45) is 9.20. The molecule has 4 saturated carbocycles. The highest BCUT2D eigenvalue weighted by atomic mass is 16.3. The molecule has 2 amide bonds.